The Bertz CT molecular complexity index is 1270. The molecule has 4 rings (SSSR count). The van der Waals surface area contributed by atoms with E-state index in [1.54, 1.807) is 17.8 Å². The van der Waals surface area contributed by atoms with Crippen molar-refractivity contribution in [2.75, 3.05) is 0 Å². The molecule has 0 aliphatic heterocycles. The van der Waals surface area contributed by atoms with E-state index in [4.69, 9.17) is 4.52 Å². The molecule has 2 aromatic carbocycles. The van der Waals surface area contributed by atoms with E-state index in [0.29, 0.717) is 11.1 Å². The standard InChI is InChI=1S/C22H23FN5O4P.2Na/c1-16(17-3-5-18(6-4-17)21-11-12-25-27(21)2)22(32-33(29,30)31,13-28-15-24-14-26-28)19-7-9-20(23)10-8-19;;/h3-12,14-16H,13H2,1-2H3,(H2,29,30,31);;/q;2*+1/p-2/t16-,22+;;/m0../s1. The Morgan fingerprint density at radius 2 is 1.71 bits per heavy atom. The first-order valence-electron chi connectivity index (χ1n) is 10.1. The van der Waals surface area contributed by atoms with E-state index in [-0.39, 0.29) is 65.7 Å². The molecule has 172 valence electrons. The molecule has 0 fully saturated rings. The van der Waals surface area contributed by atoms with E-state index in [1.807, 2.05) is 37.4 Å². The molecule has 0 saturated heterocycles. The average molecular weight is 515 g/mol. The minimum atomic E-state index is -5.48. The van der Waals surface area contributed by atoms with Gasteiger partial charge >= 0.3 is 59.1 Å². The monoisotopic (exact) mass is 515 g/mol. The second-order valence-corrected chi connectivity index (χ2v) is 8.79. The van der Waals surface area contributed by atoms with Crippen LogP contribution in [0.3, 0.4) is 0 Å². The zero-order valence-corrected chi connectivity index (χ0v) is 24.8. The fourth-order valence-electron chi connectivity index (χ4n) is 3.99. The first-order valence-corrected chi connectivity index (χ1v) is 11.5. The number of hydrogen-bond donors (Lipinski definition) is 0. The van der Waals surface area contributed by atoms with Gasteiger partial charge in [0.15, 0.2) is 0 Å². The van der Waals surface area contributed by atoms with Crippen LogP contribution in [0.15, 0.2) is 73.4 Å². The van der Waals surface area contributed by atoms with Crippen LogP contribution >= 0.6 is 7.82 Å². The van der Waals surface area contributed by atoms with Crippen LogP contribution < -0.4 is 68.9 Å². The molecule has 0 spiro atoms. The van der Waals surface area contributed by atoms with Gasteiger partial charge in [-0.2, -0.15) is 10.2 Å². The summed E-state index contributed by atoms with van der Waals surface area (Å²) >= 11 is 0. The van der Waals surface area contributed by atoms with E-state index in [9.17, 15) is 18.7 Å². The van der Waals surface area contributed by atoms with Crippen LogP contribution in [0.2, 0.25) is 0 Å². The van der Waals surface area contributed by atoms with E-state index in [1.165, 1.54) is 41.6 Å². The summed E-state index contributed by atoms with van der Waals surface area (Å²) in [4.78, 5) is 27.7. The van der Waals surface area contributed by atoms with Crippen molar-refractivity contribution in [2.45, 2.75) is 25.0 Å². The Morgan fingerprint density at radius 1 is 1.06 bits per heavy atom. The molecule has 0 saturated carbocycles. The van der Waals surface area contributed by atoms with E-state index >= 15 is 0 Å². The molecule has 35 heavy (non-hydrogen) atoms. The molecule has 4 aromatic rings. The quantitative estimate of drug-likeness (QED) is 0.176. The summed E-state index contributed by atoms with van der Waals surface area (Å²) in [6.07, 6.45) is 4.37. The van der Waals surface area contributed by atoms with E-state index in [0.717, 1.165) is 11.3 Å². The predicted octanol–water partition coefficient (Wildman–Crippen LogP) is -3.63. The Balaban J connectivity index is 0.00000216. The summed E-state index contributed by atoms with van der Waals surface area (Å²) in [5.74, 6) is -1.15. The number of phosphoric acid groups is 1. The summed E-state index contributed by atoms with van der Waals surface area (Å²) in [5.41, 5.74) is 1.14. The van der Waals surface area contributed by atoms with Gasteiger partial charge in [0.05, 0.1) is 20.1 Å². The van der Waals surface area contributed by atoms with Gasteiger partial charge < -0.3 is 18.9 Å². The van der Waals surface area contributed by atoms with Gasteiger partial charge in [0.2, 0.25) is 0 Å². The van der Waals surface area contributed by atoms with Crippen LogP contribution in [-0.4, -0.2) is 24.5 Å². The van der Waals surface area contributed by atoms with Crippen molar-refractivity contribution in [3.05, 3.63) is 90.4 Å². The average Bonchev–Trinajstić information content (AvgIpc) is 3.44. The van der Waals surface area contributed by atoms with Gasteiger partial charge in [0.25, 0.3) is 0 Å². The van der Waals surface area contributed by atoms with Crippen molar-refractivity contribution < 1.29 is 82.4 Å². The Labute approximate surface area is 246 Å². The zero-order valence-electron chi connectivity index (χ0n) is 19.9. The maximum Gasteiger partial charge on any atom is 1.00 e. The Hall–Kier alpha value is -1.17. The molecule has 13 heteroatoms. The molecule has 0 radical (unpaired) electrons. The number of hydrogen-bond acceptors (Lipinski definition) is 7. The maximum absolute atomic E-state index is 13.7. The first kappa shape index (κ1) is 30.1. The van der Waals surface area contributed by atoms with Gasteiger partial charge in [-0.1, -0.05) is 43.3 Å². The van der Waals surface area contributed by atoms with Crippen molar-refractivity contribution in [2.24, 2.45) is 7.05 Å². The van der Waals surface area contributed by atoms with Crippen LogP contribution in [0.4, 0.5) is 4.39 Å². The van der Waals surface area contributed by atoms with Gasteiger partial charge in [-0.25, -0.2) is 14.1 Å². The van der Waals surface area contributed by atoms with Crippen LogP contribution in [0.1, 0.15) is 24.0 Å². The van der Waals surface area contributed by atoms with E-state index < -0.39 is 25.2 Å². The predicted molar refractivity (Wildman–Crippen MR) is 114 cm³/mol. The maximum atomic E-state index is 13.7. The molecule has 0 aliphatic rings. The third-order valence-electron chi connectivity index (χ3n) is 5.70. The molecule has 0 aliphatic carbocycles. The van der Waals surface area contributed by atoms with Gasteiger partial charge in [0.1, 0.15) is 24.1 Å². The molecule has 0 bridgehead atoms. The summed E-state index contributed by atoms with van der Waals surface area (Å²) in [5, 5.41) is 8.22. The number of benzene rings is 2. The van der Waals surface area contributed by atoms with Crippen molar-refractivity contribution in [1.29, 1.82) is 0 Å². The van der Waals surface area contributed by atoms with Crippen LogP contribution in [0.25, 0.3) is 11.3 Å². The molecule has 2 atom stereocenters. The third-order valence-corrected chi connectivity index (χ3v) is 6.25. The van der Waals surface area contributed by atoms with Gasteiger partial charge in [-0.15, -0.1) is 0 Å². The number of phosphoric ester groups is 1. The second-order valence-electron chi connectivity index (χ2n) is 7.71. The van der Waals surface area contributed by atoms with Crippen molar-refractivity contribution >= 4 is 7.82 Å². The summed E-state index contributed by atoms with van der Waals surface area (Å²) in [6.45, 7) is 1.60. The Kier molecular flexibility index (Phi) is 10.6. The van der Waals surface area contributed by atoms with Crippen molar-refractivity contribution in [1.82, 2.24) is 24.5 Å². The molecule has 9 nitrogen and oxygen atoms in total. The van der Waals surface area contributed by atoms with Crippen LogP contribution in [0.5, 0.6) is 0 Å². The Morgan fingerprint density at radius 3 is 2.23 bits per heavy atom. The molecular formula is C22H21FN5Na2O4P. The molecule has 0 unspecified atom stereocenters. The topological polar surface area (TPSA) is 121 Å². The number of halogens is 1. The van der Waals surface area contributed by atoms with Gasteiger partial charge in [-0.05, 0) is 34.9 Å². The number of nitrogens with zero attached hydrogens (tertiary/aromatic N) is 5. The molecule has 0 N–H and O–H groups in total. The first-order chi connectivity index (χ1) is 15.7. The fourth-order valence-corrected chi connectivity index (χ4v) is 4.71. The SMILES string of the molecule is C[C@@H](c1ccc(-c2ccnn2C)cc1)[C@@](Cn1cncn1)(OP(=O)([O-])[O-])c1ccc(F)cc1.[Na+].[Na+]. The summed E-state index contributed by atoms with van der Waals surface area (Å²) < 4.78 is 34.0. The second kappa shape index (κ2) is 12.4. The molecule has 2 aromatic heterocycles. The van der Waals surface area contributed by atoms with Crippen molar-refractivity contribution in [3.63, 3.8) is 0 Å². The number of aryl methyl sites for hydroxylation is 1. The minimum absolute atomic E-state index is 0. The van der Waals surface area contributed by atoms with E-state index in [2.05, 4.69) is 15.2 Å². The normalized spacial score (nSPS) is 13.9. The van der Waals surface area contributed by atoms with Crippen molar-refractivity contribution in [3.8, 4) is 11.3 Å². The molecular weight excluding hydrogens is 494 g/mol. The molecule has 2 heterocycles. The number of aromatic nitrogens is 5. The summed E-state index contributed by atoms with van der Waals surface area (Å²) in [6, 6.07) is 14.5. The fraction of sp³-hybridized carbons (Fsp3) is 0.227. The molecule has 0 amide bonds. The van der Waals surface area contributed by atoms with Gasteiger partial charge in [-0.3, -0.25) is 4.68 Å². The number of rotatable bonds is 8. The van der Waals surface area contributed by atoms with Crippen LogP contribution in [0, 0.1) is 5.82 Å². The zero-order chi connectivity index (χ0) is 23.6. The minimum Gasteiger partial charge on any atom is -0.790 e. The third kappa shape index (κ3) is 6.99. The van der Waals surface area contributed by atoms with Gasteiger partial charge in [0, 0.05) is 19.2 Å². The smallest absolute Gasteiger partial charge is 0.790 e. The van der Waals surface area contributed by atoms with Crippen LogP contribution in [-0.2, 0) is 28.3 Å². The summed E-state index contributed by atoms with van der Waals surface area (Å²) in [7, 11) is -3.65. The largest absolute Gasteiger partial charge is 1.00 e.